The molecule has 95 valence electrons. The first-order valence-electron chi connectivity index (χ1n) is 7.15. The van der Waals surface area contributed by atoms with Crippen molar-refractivity contribution in [3.05, 3.63) is 95.6 Å². The van der Waals surface area contributed by atoms with E-state index in [9.17, 15) is 0 Å². The minimum atomic E-state index is 0.456. The van der Waals surface area contributed by atoms with Crippen molar-refractivity contribution in [2.45, 2.75) is 0 Å². The van der Waals surface area contributed by atoms with Crippen LogP contribution in [-0.4, -0.2) is 0 Å². The Morgan fingerprint density at radius 2 is 1.90 bits per heavy atom. The van der Waals surface area contributed by atoms with Crippen LogP contribution in [0.4, 0.5) is 0 Å². The molecule has 1 aromatic carbocycles. The van der Waals surface area contributed by atoms with E-state index < -0.39 is 0 Å². The Kier molecular flexibility index (Phi) is 2.74. The van der Waals surface area contributed by atoms with Gasteiger partial charge in [0.1, 0.15) is 0 Å². The second-order valence-electron chi connectivity index (χ2n) is 5.41. The van der Waals surface area contributed by atoms with E-state index in [0.717, 1.165) is 0 Å². The van der Waals surface area contributed by atoms with Crippen molar-refractivity contribution in [1.29, 1.82) is 0 Å². The van der Waals surface area contributed by atoms with Crippen LogP contribution in [0.3, 0.4) is 0 Å². The summed E-state index contributed by atoms with van der Waals surface area (Å²) in [5.74, 6) is 0.933. The molecule has 2 unspecified atom stereocenters. The maximum absolute atomic E-state index is 2.40. The fourth-order valence-electron chi connectivity index (χ4n) is 3.31. The number of hydrogen-bond donors (Lipinski definition) is 0. The SMILES string of the molecule is [CH]1C=C(C2=c3ccccc3=CC3C=CC=CC23)C=C[CH+]1. The summed E-state index contributed by atoms with van der Waals surface area (Å²) < 4.78 is 0. The van der Waals surface area contributed by atoms with E-state index in [-0.39, 0.29) is 0 Å². The van der Waals surface area contributed by atoms with Crippen LogP contribution in [0.5, 0.6) is 0 Å². The van der Waals surface area contributed by atoms with Gasteiger partial charge in [0.15, 0.2) is 0 Å². The smallest absolute Gasteiger partial charge is 0.0767 e. The average molecular weight is 256 g/mol. The molecule has 0 aromatic heterocycles. The minimum Gasteiger partial charge on any atom is -0.0767 e. The number of allylic oxidation sites excluding steroid dienone is 8. The molecule has 1 aromatic rings. The highest BCUT2D eigenvalue weighted by Gasteiger charge is 2.27. The molecule has 0 N–H and O–H groups in total. The molecular weight excluding hydrogens is 240 g/mol. The first-order chi connectivity index (χ1) is 9.93. The molecule has 0 heteroatoms. The molecule has 0 bridgehead atoms. The normalized spacial score (nSPS) is 26.2. The highest BCUT2D eigenvalue weighted by molar-refractivity contribution is 5.76. The van der Waals surface area contributed by atoms with Gasteiger partial charge in [-0.1, -0.05) is 54.6 Å². The van der Waals surface area contributed by atoms with Crippen LogP contribution in [-0.2, 0) is 0 Å². The molecule has 0 nitrogen and oxygen atoms in total. The molecule has 0 amide bonds. The zero-order chi connectivity index (χ0) is 13.4. The Morgan fingerprint density at radius 1 is 1.00 bits per heavy atom. The Bertz CT molecular complexity index is 769. The van der Waals surface area contributed by atoms with Gasteiger partial charge in [0.2, 0.25) is 0 Å². The standard InChI is InChI=1S/C20H16/c1-2-8-15(9-3-1)20-18-12-6-4-10-16(18)14-17-11-5-7-13-19(17)20/h1-14,16,18H/q+1. The quantitative estimate of drug-likeness (QED) is 0.678. The molecule has 0 aliphatic heterocycles. The molecule has 4 rings (SSSR count). The number of hydrogen-bond acceptors (Lipinski definition) is 0. The lowest BCUT2D eigenvalue weighted by Crippen LogP contribution is -2.36. The number of fused-ring (bicyclic) bond motifs is 2. The molecule has 20 heavy (non-hydrogen) atoms. The topological polar surface area (TPSA) is 0 Å². The molecule has 0 fully saturated rings. The first kappa shape index (κ1) is 11.6. The predicted octanol–water partition coefficient (Wildman–Crippen LogP) is 2.89. The van der Waals surface area contributed by atoms with Gasteiger partial charge in [-0.3, -0.25) is 0 Å². The fraction of sp³-hybridized carbons (Fsp3) is 0.100. The summed E-state index contributed by atoms with van der Waals surface area (Å²) in [6, 6.07) is 8.73. The largest absolute Gasteiger partial charge is 0.0953 e. The third-order valence-electron chi connectivity index (χ3n) is 4.22. The van der Waals surface area contributed by atoms with Crippen LogP contribution in [0, 0.1) is 24.7 Å². The van der Waals surface area contributed by atoms with Crippen LogP contribution in [0.25, 0.3) is 11.6 Å². The van der Waals surface area contributed by atoms with Crippen molar-refractivity contribution < 1.29 is 0 Å². The van der Waals surface area contributed by atoms with E-state index in [1.807, 2.05) is 0 Å². The molecule has 0 spiro atoms. The Morgan fingerprint density at radius 3 is 2.80 bits per heavy atom. The molecular formula is C20H16+. The highest BCUT2D eigenvalue weighted by atomic mass is 14.3. The Balaban J connectivity index is 2.02. The Hall–Kier alpha value is -2.21. The maximum Gasteiger partial charge on any atom is 0.0953 e. The van der Waals surface area contributed by atoms with Crippen molar-refractivity contribution in [3.8, 4) is 0 Å². The van der Waals surface area contributed by atoms with Crippen LogP contribution in [0.1, 0.15) is 0 Å². The molecule has 0 saturated carbocycles. The lowest BCUT2D eigenvalue weighted by molar-refractivity contribution is 0.704. The summed E-state index contributed by atoms with van der Waals surface area (Å²) in [7, 11) is 0. The molecule has 0 saturated heterocycles. The van der Waals surface area contributed by atoms with Gasteiger partial charge in [-0.15, -0.1) is 0 Å². The van der Waals surface area contributed by atoms with Crippen LogP contribution < -0.4 is 10.4 Å². The molecule has 0 heterocycles. The molecule has 1 radical (unpaired) electrons. The van der Waals surface area contributed by atoms with E-state index in [2.05, 4.69) is 85.7 Å². The average Bonchev–Trinajstić information content (AvgIpc) is 2.53. The second kappa shape index (κ2) is 4.72. The van der Waals surface area contributed by atoms with Crippen molar-refractivity contribution >= 4 is 11.6 Å². The van der Waals surface area contributed by atoms with Gasteiger partial charge >= 0.3 is 0 Å². The minimum absolute atomic E-state index is 0.456. The summed E-state index contributed by atoms with van der Waals surface area (Å²) in [6.45, 7) is 0. The summed E-state index contributed by atoms with van der Waals surface area (Å²) in [6.07, 6.45) is 22.1. The highest BCUT2D eigenvalue weighted by Crippen LogP contribution is 2.35. The van der Waals surface area contributed by atoms with Crippen LogP contribution >= 0.6 is 0 Å². The van der Waals surface area contributed by atoms with Crippen molar-refractivity contribution in [2.75, 3.05) is 0 Å². The second-order valence-corrected chi connectivity index (χ2v) is 5.41. The Labute approximate surface area is 119 Å². The van der Waals surface area contributed by atoms with Crippen LogP contribution in [0.2, 0.25) is 0 Å². The zero-order valence-corrected chi connectivity index (χ0v) is 11.2. The third-order valence-corrected chi connectivity index (χ3v) is 4.22. The van der Waals surface area contributed by atoms with E-state index >= 15 is 0 Å². The maximum atomic E-state index is 2.40. The van der Waals surface area contributed by atoms with Crippen molar-refractivity contribution in [1.82, 2.24) is 0 Å². The van der Waals surface area contributed by atoms with Gasteiger partial charge in [-0.25, -0.2) is 0 Å². The molecule has 2 atom stereocenters. The summed E-state index contributed by atoms with van der Waals surface area (Å²) in [5, 5.41) is 2.73. The van der Waals surface area contributed by atoms with Crippen LogP contribution in [0.15, 0.2) is 72.4 Å². The zero-order valence-electron chi connectivity index (χ0n) is 11.2. The third kappa shape index (κ3) is 1.80. The van der Waals surface area contributed by atoms with Gasteiger partial charge in [0.25, 0.3) is 0 Å². The number of benzene rings is 1. The van der Waals surface area contributed by atoms with E-state index in [1.54, 1.807) is 0 Å². The fourth-order valence-corrected chi connectivity index (χ4v) is 3.31. The van der Waals surface area contributed by atoms with E-state index in [0.29, 0.717) is 11.8 Å². The van der Waals surface area contributed by atoms with Gasteiger partial charge < -0.3 is 0 Å². The lowest BCUT2D eigenvalue weighted by Gasteiger charge is -2.27. The number of rotatable bonds is 1. The van der Waals surface area contributed by atoms with Gasteiger partial charge in [-0.2, -0.15) is 0 Å². The monoisotopic (exact) mass is 256 g/mol. The summed E-state index contributed by atoms with van der Waals surface area (Å²) >= 11 is 0. The van der Waals surface area contributed by atoms with E-state index in [1.165, 1.54) is 21.6 Å². The summed E-state index contributed by atoms with van der Waals surface area (Å²) in [4.78, 5) is 0. The van der Waals surface area contributed by atoms with Gasteiger partial charge in [0.05, 0.1) is 30.6 Å². The lowest BCUT2D eigenvalue weighted by atomic mass is 9.75. The van der Waals surface area contributed by atoms with Crippen molar-refractivity contribution in [3.63, 3.8) is 0 Å². The van der Waals surface area contributed by atoms with Gasteiger partial charge in [-0.05, 0) is 22.1 Å². The first-order valence-corrected chi connectivity index (χ1v) is 7.15. The molecule has 3 aliphatic rings. The van der Waals surface area contributed by atoms with E-state index in [4.69, 9.17) is 0 Å². The van der Waals surface area contributed by atoms with Crippen molar-refractivity contribution in [2.24, 2.45) is 11.8 Å². The summed E-state index contributed by atoms with van der Waals surface area (Å²) in [5.41, 5.74) is 2.79. The van der Waals surface area contributed by atoms with Gasteiger partial charge in [0, 0.05) is 11.8 Å². The predicted molar refractivity (Wildman–Crippen MR) is 84.6 cm³/mol. The molecule has 3 aliphatic carbocycles.